The SMILES string of the molecule is CNC[C@@H]1CCCN1C(=O)C[C@@H]1CCC[C@@H](C)C1. The standard InChI is InChI=1S/C15H28N2O/c1-12-5-3-6-13(9-12)10-15(18)17-8-4-7-14(17)11-16-2/h12-14,16H,3-11H2,1-2H3/t12-,13-,14+/m1/s1. The Balaban J connectivity index is 1.83. The minimum Gasteiger partial charge on any atom is -0.338 e. The van der Waals surface area contributed by atoms with Crippen LogP contribution in [0.3, 0.4) is 0 Å². The van der Waals surface area contributed by atoms with Gasteiger partial charge in [0.2, 0.25) is 5.91 Å². The highest BCUT2D eigenvalue weighted by molar-refractivity contribution is 5.77. The van der Waals surface area contributed by atoms with Gasteiger partial charge < -0.3 is 10.2 Å². The summed E-state index contributed by atoms with van der Waals surface area (Å²) in [7, 11) is 1.98. The Morgan fingerprint density at radius 2 is 2.11 bits per heavy atom. The van der Waals surface area contributed by atoms with Crippen LogP contribution >= 0.6 is 0 Å². The molecule has 0 aromatic rings. The Morgan fingerprint density at radius 1 is 1.28 bits per heavy atom. The van der Waals surface area contributed by atoms with Crippen molar-refractivity contribution < 1.29 is 4.79 Å². The van der Waals surface area contributed by atoms with Gasteiger partial charge in [-0.2, -0.15) is 0 Å². The molecule has 1 N–H and O–H groups in total. The molecule has 1 amide bonds. The molecule has 1 saturated carbocycles. The van der Waals surface area contributed by atoms with Crippen molar-refractivity contribution in [1.82, 2.24) is 10.2 Å². The molecule has 0 radical (unpaired) electrons. The van der Waals surface area contributed by atoms with Crippen LogP contribution in [0.25, 0.3) is 0 Å². The first-order valence-corrected chi connectivity index (χ1v) is 7.64. The molecular formula is C15H28N2O. The van der Waals surface area contributed by atoms with Crippen LogP contribution in [0.2, 0.25) is 0 Å². The number of carbonyl (C=O) groups excluding carboxylic acids is 1. The Kier molecular flexibility index (Phi) is 5.04. The highest BCUT2D eigenvalue weighted by Crippen LogP contribution is 2.31. The number of hydrogen-bond donors (Lipinski definition) is 1. The number of rotatable bonds is 4. The summed E-state index contributed by atoms with van der Waals surface area (Å²) in [6.07, 6.45) is 8.35. The summed E-state index contributed by atoms with van der Waals surface area (Å²) in [5.74, 6) is 1.88. The lowest BCUT2D eigenvalue weighted by Gasteiger charge is -2.30. The first-order valence-electron chi connectivity index (χ1n) is 7.64. The van der Waals surface area contributed by atoms with Gasteiger partial charge in [0.05, 0.1) is 0 Å². The minimum atomic E-state index is 0.409. The second-order valence-corrected chi connectivity index (χ2v) is 6.28. The van der Waals surface area contributed by atoms with Crippen molar-refractivity contribution in [2.75, 3.05) is 20.1 Å². The number of amides is 1. The number of nitrogens with zero attached hydrogens (tertiary/aromatic N) is 1. The molecule has 3 atom stereocenters. The van der Waals surface area contributed by atoms with Crippen molar-refractivity contribution in [1.29, 1.82) is 0 Å². The zero-order valence-electron chi connectivity index (χ0n) is 12.0. The lowest BCUT2D eigenvalue weighted by molar-refractivity contribution is -0.133. The number of nitrogens with one attached hydrogen (secondary N) is 1. The van der Waals surface area contributed by atoms with E-state index >= 15 is 0 Å². The van der Waals surface area contributed by atoms with Crippen molar-refractivity contribution >= 4 is 5.91 Å². The zero-order chi connectivity index (χ0) is 13.0. The molecule has 0 spiro atoms. The van der Waals surface area contributed by atoms with Gasteiger partial charge in [-0.3, -0.25) is 4.79 Å². The predicted molar refractivity (Wildman–Crippen MR) is 74.4 cm³/mol. The molecule has 1 aliphatic carbocycles. The van der Waals surface area contributed by atoms with Crippen LogP contribution in [-0.2, 0) is 4.79 Å². The lowest BCUT2D eigenvalue weighted by atomic mass is 9.80. The third kappa shape index (κ3) is 3.47. The number of likely N-dealkylation sites (N-methyl/N-ethyl adjacent to an activating group) is 1. The Hall–Kier alpha value is -0.570. The first-order chi connectivity index (χ1) is 8.70. The van der Waals surface area contributed by atoms with Crippen molar-refractivity contribution in [2.24, 2.45) is 11.8 Å². The fourth-order valence-corrected chi connectivity index (χ4v) is 3.72. The van der Waals surface area contributed by atoms with Crippen LogP contribution in [0.1, 0.15) is 51.9 Å². The smallest absolute Gasteiger partial charge is 0.223 e. The lowest BCUT2D eigenvalue weighted by Crippen LogP contribution is -2.41. The number of carbonyl (C=O) groups is 1. The van der Waals surface area contributed by atoms with E-state index in [0.717, 1.165) is 25.4 Å². The molecule has 2 fully saturated rings. The van der Waals surface area contributed by atoms with E-state index in [1.165, 1.54) is 38.5 Å². The van der Waals surface area contributed by atoms with E-state index in [1.807, 2.05) is 7.05 Å². The first kappa shape index (κ1) is 13.9. The van der Waals surface area contributed by atoms with Gasteiger partial charge in [0, 0.05) is 25.6 Å². The molecule has 2 rings (SSSR count). The molecule has 0 bridgehead atoms. The van der Waals surface area contributed by atoms with Gasteiger partial charge in [-0.1, -0.05) is 19.8 Å². The van der Waals surface area contributed by atoms with Gasteiger partial charge in [0.25, 0.3) is 0 Å². The Bertz CT molecular complexity index is 280. The normalized spacial score (nSPS) is 32.8. The van der Waals surface area contributed by atoms with Crippen molar-refractivity contribution in [3.05, 3.63) is 0 Å². The highest BCUT2D eigenvalue weighted by Gasteiger charge is 2.30. The van der Waals surface area contributed by atoms with Gasteiger partial charge >= 0.3 is 0 Å². The van der Waals surface area contributed by atoms with Crippen LogP contribution in [0, 0.1) is 11.8 Å². The third-order valence-electron chi connectivity index (χ3n) is 4.65. The fraction of sp³-hybridized carbons (Fsp3) is 0.933. The maximum Gasteiger partial charge on any atom is 0.223 e. The van der Waals surface area contributed by atoms with E-state index in [-0.39, 0.29) is 0 Å². The van der Waals surface area contributed by atoms with Gasteiger partial charge in [-0.05, 0) is 44.6 Å². The molecule has 0 aromatic heterocycles. The average Bonchev–Trinajstić information content (AvgIpc) is 2.78. The van der Waals surface area contributed by atoms with Crippen LogP contribution in [0.15, 0.2) is 0 Å². The summed E-state index contributed by atoms with van der Waals surface area (Å²) in [5.41, 5.74) is 0. The molecule has 1 aliphatic heterocycles. The van der Waals surface area contributed by atoms with Crippen LogP contribution in [0.4, 0.5) is 0 Å². The monoisotopic (exact) mass is 252 g/mol. The molecule has 0 aromatic carbocycles. The second kappa shape index (κ2) is 6.55. The molecule has 3 nitrogen and oxygen atoms in total. The topological polar surface area (TPSA) is 32.3 Å². The quantitative estimate of drug-likeness (QED) is 0.833. The largest absolute Gasteiger partial charge is 0.338 e. The fourth-order valence-electron chi connectivity index (χ4n) is 3.72. The van der Waals surface area contributed by atoms with Crippen molar-refractivity contribution in [3.63, 3.8) is 0 Å². The molecule has 1 saturated heterocycles. The van der Waals surface area contributed by atoms with E-state index in [2.05, 4.69) is 17.1 Å². The second-order valence-electron chi connectivity index (χ2n) is 6.28. The van der Waals surface area contributed by atoms with Crippen molar-refractivity contribution in [2.45, 2.75) is 57.9 Å². The number of hydrogen-bond acceptors (Lipinski definition) is 2. The Labute approximate surface area is 111 Å². The van der Waals surface area contributed by atoms with Crippen LogP contribution < -0.4 is 5.32 Å². The van der Waals surface area contributed by atoms with E-state index in [4.69, 9.17) is 0 Å². The Morgan fingerprint density at radius 3 is 2.83 bits per heavy atom. The summed E-state index contributed by atoms with van der Waals surface area (Å²) in [5, 5.41) is 3.21. The predicted octanol–water partition coefficient (Wildman–Crippen LogP) is 2.41. The van der Waals surface area contributed by atoms with Crippen molar-refractivity contribution in [3.8, 4) is 0 Å². The summed E-state index contributed by atoms with van der Waals surface area (Å²) < 4.78 is 0. The van der Waals surface area contributed by atoms with E-state index in [9.17, 15) is 4.79 Å². The third-order valence-corrected chi connectivity index (χ3v) is 4.65. The van der Waals surface area contributed by atoms with Gasteiger partial charge in [0.1, 0.15) is 0 Å². The number of likely N-dealkylation sites (tertiary alicyclic amines) is 1. The summed E-state index contributed by atoms with van der Waals surface area (Å²) in [6.45, 7) is 4.26. The molecule has 0 unspecified atom stereocenters. The van der Waals surface area contributed by atoms with E-state index < -0.39 is 0 Å². The average molecular weight is 252 g/mol. The summed E-state index contributed by atoms with van der Waals surface area (Å²) in [4.78, 5) is 14.5. The molecule has 3 heteroatoms. The van der Waals surface area contributed by atoms with Gasteiger partial charge in [-0.25, -0.2) is 0 Å². The molecule has 104 valence electrons. The van der Waals surface area contributed by atoms with Crippen LogP contribution in [0.5, 0.6) is 0 Å². The maximum absolute atomic E-state index is 12.4. The molecular weight excluding hydrogens is 224 g/mol. The molecule has 2 aliphatic rings. The van der Waals surface area contributed by atoms with Gasteiger partial charge in [-0.15, -0.1) is 0 Å². The maximum atomic E-state index is 12.4. The zero-order valence-corrected chi connectivity index (χ0v) is 12.0. The van der Waals surface area contributed by atoms with E-state index in [1.54, 1.807) is 0 Å². The highest BCUT2D eigenvalue weighted by atomic mass is 16.2. The molecule has 18 heavy (non-hydrogen) atoms. The van der Waals surface area contributed by atoms with Gasteiger partial charge in [0.15, 0.2) is 0 Å². The summed E-state index contributed by atoms with van der Waals surface area (Å²) >= 11 is 0. The minimum absolute atomic E-state index is 0.409. The molecule has 1 heterocycles. The van der Waals surface area contributed by atoms with Crippen LogP contribution in [-0.4, -0.2) is 37.0 Å². The van der Waals surface area contributed by atoms with E-state index in [0.29, 0.717) is 17.9 Å². The summed E-state index contributed by atoms with van der Waals surface area (Å²) in [6, 6.07) is 0.448.